The Morgan fingerprint density at radius 1 is 1.04 bits per heavy atom. The van der Waals surface area contributed by atoms with Gasteiger partial charge in [0.2, 0.25) is 5.88 Å². The van der Waals surface area contributed by atoms with E-state index in [1.54, 1.807) is 11.8 Å². The van der Waals surface area contributed by atoms with Crippen LogP contribution in [0.3, 0.4) is 0 Å². The van der Waals surface area contributed by atoms with Crippen molar-refractivity contribution in [1.82, 2.24) is 9.97 Å². The van der Waals surface area contributed by atoms with E-state index in [1.807, 2.05) is 61.5 Å². The molecule has 3 rings (SSSR count). The van der Waals surface area contributed by atoms with Gasteiger partial charge in [-0.2, -0.15) is 4.98 Å². The molecule has 0 amide bonds. The number of rotatable bonds is 6. The first-order valence-corrected chi connectivity index (χ1v) is 9.49. The number of hydrogen-bond acceptors (Lipinski definition) is 4. The zero-order valence-corrected chi connectivity index (χ0v) is 15.8. The number of thioether (sulfide) groups is 1. The van der Waals surface area contributed by atoms with Crippen molar-refractivity contribution in [2.45, 2.75) is 31.2 Å². The highest BCUT2D eigenvalue weighted by Gasteiger charge is 2.08. The van der Waals surface area contributed by atoms with E-state index in [0.717, 1.165) is 34.2 Å². The van der Waals surface area contributed by atoms with Gasteiger partial charge in [0.05, 0.1) is 0 Å². The van der Waals surface area contributed by atoms with Gasteiger partial charge in [-0.1, -0.05) is 66.2 Å². The van der Waals surface area contributed by atoms with Gasteiger partial charge < -0.3 is 4.74 Å². The van der Waals surface area contributed by atoms with Crippen molar-refractivity contribution in [3.8, 4) is 11.6 Å². The summed E-state index contributed by atoms with van der Waals surface area (Å²) in [6.45, 7) is 4.12. The lowest BCUT2D eigenvalue weighted by Gasteiger charge is -2.09. The summed E-state index contributed by atoms with van der Waals surface area (Å²) in [5.74, 6) is 2.06. The fourth-order valence-corrected chi connectivity index (χ4v) is 3.39. The first kappa shape index (κ1) is 17.8. The number of aryl methyl sites for hydroxylation is 2. The molecule has 25 heavy (non-hydrogen) atoms. The van der Waals surface area contributed by atoms with Crippen molar-refractivity contribution in [2.75, 3.05) is 0 Å². The molecular formula is C20H19ClN2OS. The van der Waals surface area contributed by atoms with E-state index in [-0.39, 0.29) is 0 Å². The summed E-state index contributed by atoms with van der Waals surface area (Å²) < 4.78 is 5.90. The molecule has 0 N–H and O–H groups in total. The summed E-state index contributed by atoms with van der Waals surface area (Å²) >= 11 is 7.78. The smallest absolute Gasteiger partial charge is 0.223 e. The molecule has 3 nitrogen and oxygen atoms in total. The van der Waals surface area contributed by atoms with Crippen LogP contribution in [0.5, 0.6) is 11.6 Å². The predicted octanol–water partition coefficient (Wildman–Crippen LogP) is 6.09. The summed E-state index contributed by atoms with van der Waals surface area (Å²) in [7, 11) is 0. The van der Waals surface area contributed by atoms with E-state index >= 15 is 0 Å². The Labute approximate surface area is 157 Å². The number of ether oxygens (including phenoxy) is 1. The Hall–Kier alpha value is -2.04. The minimum absolute atomic E-state index is 0.567. The lowest BCUT2D eigenvalue weighted by Crippen LogP contribution is -1.97. The molecule has 1 heterocycles. The molecule has 0 radical (unpaired) electrons. The van der Waals surface area contributed by atoms with Crippen molar-refractivity contribution in [1.29, 1.82) is 0 Å². The Balaban J connectivity index is 1.77. The van der Waals surface area contributed by atoms with Crippen LogP contribution in [0.2, 0.25) is 5.02 Å². The van der Waals surface area contributed by atoms with Crippen LogP contribution in [-0.4, -0.2) is 9.97 Å². The van der Waals surface area contributed by atoms with Gasteiger partial charge in [0, 0.05) is 22.5 Å². The second-order valence-electron chi connectivity index (χ2n) is 5.63. The van der Waals surface area contributed by atoms with E-state index < -0.39 is 0 Å². The van der Waals surface area contributed by atoms with Crippen LogP contribution in [0, 0.1) is 6.92 Å². The molecule has 5 heteroatoms. The second-order valence-corrected chi connectivity index (χ2v) is 6.98. The Morgan fingerprint density at radius 2 is 1.80 bits per heavy atom. The molecule has 2 aromatic carbocycles. The summed E-state index contributed by atoms with van der Waals surface area (Å²) in [6, 6.07) is 17.6. The topological polar surface area (TPSA) is 35.0 Å². The monoisotopic (exact) mass is 370 g/mol. The van der Waals surface area contributed by atoms with E-state index in [9.17, 15) is 0 Å². The molecule has 0 bridgehead atoms. The standard InChI is InChI=1S/C20H19ClN2OS/c1-3-16-12-19(24-17-10-8-14(2)9-11-17)23-20(22-16)25-13-15-6-4-5-7-18(15)21/h4-12H,3,13H2,1-2H3. The highest BCUT2D eigenvalue weighted by atomic mass is 35.5. The zero-order chi connectivity index (χ0) is 17.6. The maximum Gasteiger partial charge on any atom is 0.223 e. The quantitative estimate of drug-likeness (QED) is 0.388. The number of hydrogen-bond donors (Lipinski definition) is 0. The van der Waals surface area contributed by atoms with E-state index in [0.29, 0.717) is 11.0 Å². The predicted molar refractivity (Wildman–Crippen MR) is 104 cm³/mol. The summed E-state index contributed by atoms with van der Waals surface area (Å²) in [4.78, 5) is 9.11. The molecular weight excluding hydrogens is 352 g/mol. The van der Waals surface area contributed by atoms with Crippen LogP contribution in [0.15, 0.2) is 59.8 Å². The Morgan fingerprint density at radius 3 is 2.52 bits per heavy atom. The number of nitrogens with zero attached hydrogens (tertiary/aromatic N) is 2. The van der Waals surface area contributed by atoms with Gasteiger partial charge in [0.25, 0.3) is 0 Å². The van der Waals surface area contributed by atoms with Gasteiger partial charge in [0.1, 0.15) is 5.75 Å². The third kappa shape index (κ3) is 4.97. The van der Waals surface area contributed by atoms with Gasteiger partial charge in [-0.25, -0.2) is 4.98 Å². The number of halogens is 1. The third-order valence-corrected chi connectivity index (χ3v) is 4.92. The minimum atomic E-state index is 0.567. The van der Waals surface area contributed by atoms with Gasteiger partial charge in [-0.15, -0.1) is 0 Å². The van der Waals surface area contributed by atoms with Crippen molar-refractivity contribution in [3.63, 3.8) is 0 Å². The molecule has 0 spiro atoms. The molecule has 0 saturated carbocycles. The van der Waals surface area contributed by atoms with E-state index in [1.165, 1.54) is 5.56 Å². The third-order valence-electron chi connectivity index (χ3n) is 3.66. The fourth-order valence-electron chi connectivity index (χ4n) is 2.23. The highest BCUT2D eigenvalue weighted by Crippen LogP contribution is 2.27. The van der Waals surface area contributed by atoms with Crippen molar-refractivity contribution >= 4 is 23.4 Å². The maximum absolute atomic E-state index is 6.22. The van der Waals surface area contributed by atoms with Crippen LogP contribution >= 0.6 is 23.4 Å². The van der Waals surface area contributed by atoms with Crippen LogP contribution in [-0.2, 0) is 12.2 Å². The summed E-state index contributed by atoms with van der Waals surface area (Å²) in [5, 5.41) is 1.46. The van der Waals surface area contributed by atoms with Gasteiger partial charge >= 0.3 is 0 Å². The molecule has 0 aliphatic carbocycles. The molecule has 0 fully saturated rings. The largest absolute Gasteiger partial charge is 0.439 e. The Bertz CT molecular complexity index is 853. The molecule has 1 aromatic heterocycles. The molecule has 3 aromatic rings. The lowest BCUT2D eigenvalue weighted by molar-refractivity contribution is 0.454. The lowest BCUT2D eigenvalue weighted by atomic mass is 10.2. The molecule has 0 saturated heterocycles. The zero-order valence-electron chi connectivity index (χ0n) is 14.2. The number of aromatic nitrogens is 2. The van der Waals surface area contributed by atoms with Crippen LogP contribution in [0.1, 0.15) is 23.7 Å². The van der Waals surface area contributed by atoms with Crippen LogP contribution in [0.4, 0.5) is 0 Å². The van der Waals surface area contributed by atoms with E-state index in [2.05, 4.69) is 16.9 Å². The van der Waals surface area contributed by atoms with Crippen molar-refractivity contribution in [2.24, 2.45) is 0 Å². The van der Waals surface area contributed by atoms with E-state index in [4.69, 9.17) is 16.3 Å². The summed E-state index contributed by atoms with van der Waals surface area (Å²) in [5.41, 5.74) is 3.22. The molecule has 0 atom stereocenters. The maximum atomic E-state index is 6.22. The normalized spacial score (nSPS) is 10.7. The molecule has 0 unspecified atom stereocenters. The first-order valence-electron chi connectivity index (χ1n) is 8.12. The van der Waals surface area contributed by atoms with Crippen molar-refractivity contribution in [3.05, 3.63) is 76.4 Å². The van der Waals surface area contributed by atoms with Gasteiger partial charge in [0.15, 0.2) is 5.16 Å². The van der Waals surface area contributed by atoms with Crippen LogP contribution < -0.4 is 4.74 Å². The highest BCUT2D eigenvalue weighted by molar-refractivity contribution is 7.98. The van der Waals surface area contributed by atoms with Gasteiger partial charge in [-0.05, 0) is 37.1 Å². The van der Waals surface area contributed by atoms with Gasteiger partial charge in [-0.3, -0.25) is 0 Å². The van der Waals surface area contributed by atoms with Crippen LogP contribution in [0.25, 0.3) is 0 Å². The Kier molecular flexibility index (Phi) is 5.95. The average molecular weight is 371 g/mol. The SMILES string of the molecule is CCc1cc(Oc2ccc(C)cc2)nc(SCc2ccccc2Cl)n1. The summed E-state index contributed by atoms with van der Waals surface area (Å²) in [6.07, 6.45) is 0.826. The molecule has 128 valence electrons. The average Bonchev–Trinajstić information content (AvgIpc) is 2.63. The molecule has 0 aliphatic heterocycles. The first-order chi connectivity index (χ1) is 12.1. The fraction of sp³-hybridized carbons (Fsp3) is 0.200. The number of benzene rings is 2. The molecule has 0 aliphatic rings. The minimum Gasteiger partial charge on any atom is -0.439 e. The van der Waals surface area contributed by atoms with Crippen molar-refractivity contribution < 1.29 is 4.74 Å². The second kappa shape index (κ2) is 8.37.